The molecule has 1 aliphatic rings. The summed E-state index contributed by atoms with van der Waals surface area (Å²) in [6.45, 7) is 7.09. The fourth-order valence-corrected chi connectivity index (χ4v) is 1.84. The van der Waals surface area contributed by atoms with E-state index in [1.807, 2.05) is 4.90 Å². The second-order valence-corrected chi connectivity index (χ2v) is 4.90. The van der Waals surface area contributed by atoms with Crippen molar-refractivity contribution in [1.82, 2.24) is 4.90 Å². The molecule has 16 heavy (non-hydrogen) atoms. The molecule has 1 atom stereocenters. The number of nitrogens with zero attached hydrogens (tertiary/aromatic N) is 1. The Balaban J connectivity index is 2.11. The van der Waals surface area contributed by atoms with E-state index in [0.717, 1.165) is 13.0 Å². The van der Waals surface area contributed by atoms with E-state index < -0.39 is 0 Å². The number of ether oxygens (including phenoxy) is 1. The number of carbonyl (C=O) groups excluding carboxylic acids is 1. The van der Waals surface area contributed by atoms with Crippen LogP contribution in [-0.4, -0.2) is 48.8 Å². The first-order valence-corrected chi connectivity index (χ1v) is 6.10. The van der Waals surface area contributed by atoms with Crippen LogP contribution in [0.3, 0.4) is 0 Å². The Kier molecular flexibility index (Phi) is 5.77. The van der Waals surface area contributed by atoms with Crippen LogP contribution in [0.1, 0.15) is 26.7 Å². The lowest BCUT2D eigenvalue weighted by molar-refractivity contribution is -0.131. The van der Waals surface area contributed by atoms with Gasteiger partial charge in [0.1, 0.15) is 0 Å². The van der Waals surface area contributed by atoms with Crippen LogP contribution in [0.15, 0.2) is 0 Å². The minimum Gasteiger partial charge on any atom is -0.396 e. The van der Waals surface area contributed by atoms with Crippen molar-refractivity contribution in [2.75, 3.05) is 32.9 Å². The Labute approximate surface area is 97.6 Å². The molecule has 0 saturated carbocycles. The Bertz CT molecular complexity index is 218. The minimum atomic E-state index is 0.153. The lowest BCUT2D eigenvalue weighted by atomic mass is 10.1. The molecule has 0 spiro atoms. The van der Waals surface area contributed by atoms with Gasteiger partial charge in [-0.1, -0.05) is 13.8 Å². The van der Waals surface area contributed by atoms with Crippen LogP contribution in [0.25, 0.3) is 0 Å². The van der Waals surface area contributed by atoms with Crippen LogP contribution >= 0.6 is 0 Å². The zero-order chi connectivity index (χ0) is 12.0. The molecule has 1 aliphatic heterocycles. The molecule has 0 aromatic carbocycles. The summed E-state index contributed by atoms with van der Waals surface area (Å²) < 4.78 is 5.38. The number of aliphatic hydroxyl groups is 1. The van der Waals surface area contributed by atoms with Gasteiger partial charge in [0, 0.05) is 32.2 Å². The Morgan fingerprint density at radius 3 is 2.88 bits per heavy atom. The van der Waals surface area contributed by atoms with Crippen molar-refractivity contribution < 1.29 is 14.6 Å². The summed E-state index contributed by atoms with van der Waals surface area (Å²) in [5, 5.41) is 8.98. The summed E-state index contributed by atoms with van der Waals surface area (Å²) in [6.07, 6.45) is 1.39. The third kappa shape index (κ3) is 4.49. The highest BCUT2D eigenvalue weighted by Crippen LogP contribution is 2.16. The van der Waals surface area contributed by atoms with E-state index in [2.05, 4.69) is 13.8 Å². The smallest absolute Gasteiger partial charge is 0.224 e. The lowest BCUT2D eigenvalue weighted by Gasteiger charge is -2.16. The molecule has 1 unspecified atom stereocenters. The molecular formula is C12H23NO3. The van der Waals surface area contributed by atoms with Gasteiger partial charge in [0.15, 0.2) is 0 Å². The zero-order valence-corrected chi connectivity index (χ0v) is 10.3. The van der Waals surface area contributed by atoms with Gasteiger partial charge in [-0.2, -0.15) is 0 Å². The van der Waals surface area contributed by atoms with Gasteiger partial charge >= 0.3 is 0 Å². The molecule has 0 aliphatic carbocycles. The average molecular weight is 229 g/mol. The molecule has 0 aromatic heterocycles. The highest BCUT2D eigenvalue weighted by atomic mass is 16.5. The largest absolute Gasteiger partial charge is 0.396 e. The van der Waals surface area contributed by atoms with Crippen molar-refractivity contribution in [3.05, 3.63) is 0 Å². The number of carbonyl (C=O) groups is 1. The van der Waals surface area contributed by atoms with Crippen molar-refractivity contribution >= 4 is 5.91 Å². The van der Waals surface area contributed by atoms with E-state index in [1.54, 1.807) is 0 Å². The van der Waals surface area contributed by atoms with Crippen molar-refractivity contribution in [1.29, 1.82) is 0 Å². The molecule has 0 radical (unpaired) electrons. The molecule has 1 amide bonds. The first kappa shape index (κ1) is 13.5. The third-order valence-electron chi connectivity index (χ3n) is 2.81. The average Bonchev–Trinajstić information content (AvgIpc) is 2.72. The highest BCUT2D eigenvalue weighted by molar-refractivity contribution is 5.76. The molecule has 1 N–H and O–H groups in total. The van der Waals surface area contributed by atoms with Crippen molar-refractivity contribution in [3.63, 3.8) is 0 Å². The Morgan fingerprint density at radius 2 is 2.31 bits per heavy atom. The summed E-state index contributed by atoms with van der Waals surface area (Å²) in [5.41, 5.74) is 0. The molecule has 1 rings (SSSR count). The van der Waals surface area contributed by atoms with Gasteiger partial charge < -0.3 is 14.7 Å². The predicted molar refractivity (Wildman–Crippen MR) is 62.0 cm³/mol. The van der Waals surface area contributed by atoms with Gasteiger partial charge in [0.2, 0.25) is 5.91 Å². The van der Waals surface area contributed by atoms with E-state index in [9.17, 15) is 4.79 Å². The monoisotopic (exact) mass is 229 g/mol. The van der Waals surface area contributed by atoms with Gasteiger partial charge in [0.05, 0.1) is 13.0 Å². The second-order valence-electron chi connectivity index (χ2n) is 4.90. The first-order chi connectivity index (χ1) is 7.63. The van der Waals surface area contributed by atoms with Crippen molar-refractivity contribution in [2.24, 2.45) is 11.8 Å². The van der Waals surface area contributed by atoms with Crippen LogP contribution in [0, 0.1) is 11.8 Å². The summed E-state index contributed by atoms with van der Waals surface area (Å²) >= 11 is 0. The van der Waals surface area contributed by atoms with Gasteiger partial charge in [-0.15, -0.1) is 0 Å². The van der Waals surface area contributed by atoms with E-state index in [0.29, 0.717) is 32.1 Å². The van der Waals surface area contributed by atoms with Gasteiger partial charge in [-0.3, -0.25) is 4.79 Å². The van der Waals surface area contributed by atoms with Gasteiger partial charge in [0.25, 0.3) is 0 Å². The fraction of sp³-hybridized carbons (Fsp3) is 0.917. The first-order valence-electron chi connectivity index (χ1n) is 6.10. The molecule has 1 saturated heterocycles. The molecule has 1 heterocycles. The number of hydrogen-bond acceptors (Lipinski definition) is 3. The molecular weight excluding hydrogens is 206 g/mol. The number of likely N-dealkylation sites (tertiary alicyclic amines) is 1. The summed E-state index contributed by atoms with van der Waals surface area (Å²) in [5.74, 6) is 0.945. The number of aliphatic hydroxyl groups excluding tert-OH is 1. The predicted octanol–water partition coefficient (Wildman–Crippen LogP) is 0.890. The third-order valence-corrected chi connectivity index (χ3v) is 2.81. The standard InChI is InChI=1S/C12H23NO3/c1-10(2)9-16-6-4-12(15)13-5-3-11(7-13)8-14/h10-11,14H,3-9H2,1-2H3. The van der Waals surface area contributed by atoms with Crippen molar-refractivity contribution in [2.45, 2.75) is 26.7 Å². The lowest BCUT2D eigenvalue weighted by Crippen LogP contribution is -2.30. The molecule has 4 heteroatoms. The molecule has 0 aromatic rings. The molecule has 1 fully saturated rings. The number of hydrogen-bond donors (Lipinski definition) is 1. The van der Waals surface area contributed by atoms with Crippen molar-refractivity contribution in [3.8, 4) is 0 Å². The Hall–Kier alpha value is -0.610. The fourth-order valence-electron chi connectivity index (χ4n) is 1.84. The van der Waals surface area contributed by atoms with E-state index in [1.165, 1.54) is 0 Å². The maximum absolute atomic E-state index is 11.7. The normalized spacial score (nSPS) is 20.8. The van der Waals surface area contributed by atoms with Crippen LogP contribution in [0.4, 0.5) is 0 Å². The molecule has 94 valence electrons. The summed E-state index contributed by atoms with van der Waals surface area (Å²) in [7, 11) is 0. The van der Waals surface area contributed by atoms with E-state index in [4.69, 9.17) is 9.84 Å². The quantitative estimate of drug-likeness (QED) is 0.688. The Morgan fingerprint density at radius 1 is 1.56 bits per heavy atom. The minimum absolute atomic E-state index is 0.153. The van der Waals surface area contributed by atoms with Crippen LogP contribution in [0.2, 0.25) is 0 Å². The maximum Gasteiger partial charge on any atom is 0.224 e. The maximum atomic E-state index is 11.7. The van der Waals surface area contributed by atoms with Crippen LogP contribution < -0.4 is 0 Å². The topological polar surface area (TPSA) is 49.8 Å². The van der Waals surface area contributed by atoms with Crippen LogP contribution in [-0.2, 0) is 9.53 Å². The zero-order valence-electron chi connectivity index (χ0n) is 10.3. The highest BCUT2D eigenvalue weighted by Gasteiger charge is 2.24. The van der Waals surface area contributed by atoms with Crippen LogP contribution in [0.5, 0.6) is 0 Å². The number of rotatable bonds is 6. The van der Waals surface area contributed by atoms with Gasteiger partial charge in [-0.05, 0) is 12.3 Å². The molecule has 4 nitrogen and oxygen atoms in total. The van der Waals surface area contributed by atoms with E-state index >= 15 is 0 Å². The summed E-state index contributed by atoms with van der Waals surface area (Å²) in [4.78, 5) is 13.5. The SMILES string of the molecule is CC(C)COCCC(=O)N1CCC(CO)C1. The van der Waals surface area contributed by atoms with Gasteiger partial charge in [-0.25, -0.2) is 0 Å². The summed E-state index contributed by atoms with van der Waals surface area (Å²) in [6, 6.07) is 0. The molecule has 0 bridgehead atoms. The number of amides is 1. The second kappa shape index (κ2) is 6.86. The van der Waals surface area contributed by atoms with E-state index in [-0.39, 0.29) is 18.4 Å².